The zero-order valence-electron chi connectivity index (χ0n) is 11.3. The van der Waals surface area contributed by atoms with Crippen LogP contribution in [0.15, 0.2) is 24.3 Å². The van der Waals surface area contributed by atoms with Crippen LogP contribution in [0.1, 0.15) is 32.3 Å². The molecule has 1 aromatic rings. The zero-order valence-corrected chi connectivity index (χ0v) is 12.1. The van der Waals surface area contributed by atoms with Gasteiger partial charge in [0.15, 0.2) is 0 Å². The molecule has 1 amide bonds. The molecule has 1 aliphatic carbocycles. The van der Waals surface area contributed by atoms with Crippen LogP contribution in [0.2, 0.25) is 5.02 Å². The van der Waals surface area contributed by atoms with Gasteiger partial charge in [0.25, 0.3) is 0 Å². The molecule has 2 rings (SSSR count). The van der Waals surface area contributed by atoms with Gasteiger partial charge in [-0.3, -0.25) is 4.79 Å². The first kappa shape index (κ1) is 14.4. The van der Waals surface area contributed by atoms with E-state index in [1.807, 2.05) is 38.1 Å². The summed E-state index contributed by atoms with van der Waals surface area (Å²) >= 11 is 6.05. The SMILES string of the molecule is CC1(C)C(O)CC1NC(=O)CCc1ccccc1Cl. The molecule has 0 aliphatic heterocycles. The van der Waals surface area contributed by atoms with E-state index in [4.69, 9.17) is 11.6 Å². The summed E-state index contributed by atoms with van der Waals surface area (Å²) in [5.41, 5.74) is 0.771. The van der Waals surface area contributed by atoms with Crippen molar-refractivity contribution in [1.82, 2.24) is 5.32 Å². The van der Waals surface area contributed by atoms with Gasteiger partial charge in [0, 0.05) is 22.9 Å². The van der Waals surface area contributed by atoms with Crippen LogP contribution in [0.4, 0.5) is 0 Å². The highest BCUT2D eigenvalue weighted by atomic mass is 35.5. The van der Waals surface area contributed by atoms with Crippen molar-refractivity contribution < 1.29 is 9.90 Å². The summed E-state index contributed by atoms with van der Waals surface area (Å²) in [4.78, 5) is 11.9. The van der Waals surface area contributed by atoms with Gasteiger partial charge in [-0.2, -0.15) is 0 Å². The average Bonchev–Trinajstić information content (AvgIpc) is 2.37. The lowest BCUT2D eigenvalue weighted by molar-refractivity contribution is -0.129. The van der Waals surface area contributed by atoms with Gasteiger partial charge in [-0.1, -0.05) is 43.6 Å². The van der Waals surface area contributed by atoms with Crippen LogP contribution in [0.3, 0.4) is 0 Å². The number of aliphatic hydroxyl groups is 1. The molecule has 2 unspecified atom stereocenters. The second-order valence-corrected chi connectivity index (χ2v) is 6.19. The Bertz CT molecular complexity index is 473. The summed E-state index contributed by atoms with van der Waals surface area (Å²) in [5, 5.41) is 13.3. The smallest absolute Gasteiger partial charge is 0.220 e. The quantitative estimate of drug-likeness (QED) is 0.891. The van der Waals surface area contributed by atoms with Crippen LogP contribution in [-0.2, 0) is 11.2 Å². The number of nitrogens with one attached hydrogen (secondary N) is 1. The van der Waals surface area contributed by atoms with Crippen molar-refractivity contribution in [2.24, 2.45) is 5.41 Å². The zero-order chi connectivity index (χ0) is 14.0. The maximum Gasteiger partial charge on any atom is 0.220 e. The Morgan fingerprint density at radius 1 is 1.47 bits per heavy atom. The molecular formula is C15H20ClNO2. The van der Waals surface area contributed by atoms with Crippen LogP contribution in [0.5, 0.6) is 0 Å². The molecule has 1 fully saturated rings. The Hall–Kier alpha value is -1.06. The Labute approximate surface area is 119 Å². The highest BCUT2D eigenvalue weighted by molar-refractivity contribution is 6.31. The van der Waals surface area contributed by atoms with Crippen LogP contribution in [0, 0.1) is 5.41 Å². The number of aliphatic hydroxyl groups excluding tert-OH is 1. The third kappa shape index (κ3) is 3.10. The molecule has 1 aliphatic rings. The van der Waals surface area contributed by atoms with E-state index >= 15 is 0 Å². The summed E-state index contributed by atoms with van der Waals surface area (Å²) < 4.78 is 0. The van der Waals surface area contributed by atoms with E-state index < -0.39 is 0 Å². The van der Waals surface area contributed by atoms with Crippen molar-refractivity contribution in [3.05, 3.63) is 34.9 Å². The van der Waals surface area contributed by atoms with Crippen LogP contribution >= 0.6 is 11.6 Å². The number of rotatable bonds is 4. The van der Waals surface area contributed by atoms with E-state index in [-0.39, 0.29) is 23.5 Å². The standard InChI is InChI=1S/C15H20ClNO2/c1-15(2)12(9-13(15)18)17-14(19)8-7-10-5-3-4-6-11(10)16/h3-6,12-13,18H,7-9H2,1-2H3,(H,17,19). The van der Waals surface area contributed by atoms with Gasteiger partial charge in [-0.25, -0.2) is 0 Å². The fourth-order valence-electron chi connectivity index (χ4n) is 2.36. The number of hydrogen-bond acceptors (Lipinski definition) is 2. The lowest BCUT2D eigenvalue weighted by atomic mass is 9.64. The Kier molecular flexibility index (Phi) is 4.16. The predicted octanol–water partition coefficient (Wildman–Crippen LogP) is 2.55. The number of halogens is 1. The van der Waals surface area contributed by atoms with Gasteiger partial charge >= 0.3 is 0 Å². The summed E-state index contributed by atoms with van der Waals surface area (Å²) in [5.74, 6) is 0.0184. The first-order valence-corrected chi connectivity index (χ1v) is 7.00. The van der Waals surface area contributed by atoms with Gasteiger partial charge in [0.2, 0.25) is 5.91 Å². The molecule has 0 heterocycles. The predicted molar refractivity (Wildman–Crippen MR) is 76.1 cm³/mol. The van der Waals surface area contributed by atoms with Gasteiger partial charge in [-0.15, -0.1) is 0 Å². The molecule has 1 saturated carbocycles. The minimum Gasteiger partial charge on any atom is -0.392 e. The van der Waals surface area contributed by atoms with Crippen molar-refractivity contribution >= 4 is 17.5 Å². The Morgan fingerprint density at radius 3 is 2.74 bits per heavy atom. The first-order chi connectivity index (χ1) is 8.91. The molecule has 3 nitrogen and oxygen atoms in total. The largest absolute Gasteiger partial charge is 0.392 e. The minimum atomic E-state index is -0.318. The summed E-state index contributed by atoms with van der Waals surface area (Å²) in [6, 6.07) is 7.64. The van der Waals surface area contributed by atoms with E-state index in [0.717, 1.165) is 5.56 Å². The molecule has 2 atom stereocenters. The number of aryl methyl sites for hydroxylation is 1. The Morgan fingerprint density at radius 2 is 2.16 bits per heavy atom. The van der Waals surface area contributed by atoms with Crippen molar-refractivity contribution in [1.29, 1.82) is 0 Å². The maximum atomic E-state index is 11.9. The van der Waals surface area contributed by atoms with E-state index in [1.165, 1.54) is 0 Å². The summed E-state index contributed by atoms with van der Waals surface area (Å²) in [7, 11) is 0. The molecule has 0 spiro atoms. The first-order valence-electron chi connectivity index (χ1n) is 6.62. The van der Waals surface area contributed by atoms with Crippen LogP contribution in [-0.4, -0.2) is 23.2 Å². The highest BCUT2D eigenvalue weighted by Crippen LogP contribution is 2.40. The molecule has 19 heavy (non-hydrogen) atoms. The number of amides is 1. The second kappa shape index (κ2) is 5.51. The number of hydrogen-bond donors (Lipinski definition) is 2. The fourth-order valence-corrected chi connectivity index (χ4v) is 2.59. The molecule has 0 bridgehead atoms. The van der Waals surface area contributed by atoms with Gasteiger partial charge in [0.05, 0.1) is 6.10 Å². The topological polar surface area (TPSA) is 49.3 Å². The van der Waals surface area contributed by atoms with Crippen molar-refractivity contribution in [2.45, 2.75) is 45.3 Å². The summed E-state index contributed by atoms with van der Waals surface area (Å²) in [6.07, 6.45) is 1.39. The highest BCUT2D eigenvalue weighted by Gasteiger charge is 2.47. The minimum absolute atomic E-state index is 0.0184. The van der Waals surface area contributed by atoms with Crippen molar-refractivity contribution in [3.8, 4) is 0 Å². The average molecular weight is 282 g/mol. The molecular weight excluding hydrogens is 262 g/mol. The van der Waals surface area contributed by atoms with E-state index in [1.54, 1.807) is 0 Å². The number of carbonyl (C=O) groups is 1. The van der Waals surface area contributed by atoms with Gasteiger partial charge in [-0.05, 0) is 24.5 Å². The molecule has 4 heteroatoms. The maximum absolute atomic E-state index is 11.9. The fraction of sp³-hybridized carbons (Fsp3) is 0.533. The second-order valence-electron chi connectivity index (χ2n) is 5.78. The molecule has 0 radical (unpaired) electrons. The third-order valence-corrected chi connectivity index (χ3v) is 4.50. The third-order valence-electron chi connectivity index (χ3n) is 4.13. The monoisotopic (exact) mass is 281 g/mol. The Balaban J connectivity index is 1.82. The van der Waals surface area contributed by atoms with Crippen molar-refractivity contribution in [3.63, 3.8) is 0 Å². The normalized spacial score (nSPS) is 24.6. The molecule has 0 saturated heterocycles. The molecule has 104 valence electrons. The van der Waals surface area contributed by atoms with Crippen molar-refractivity contribution in [2.75, 3.05) is 0 Å². The summed E-state index contributed by atoms with van der Waals surface area (Å²) in [6.45, 7) is 3.94. The van der Waals surface area contributed by atoms with E-state index in [9.17, 15) is 9.90 Å². The van der Waals surface area contributed by atoms with Gasteiger partial charge < -0.3 is 10.4 Å². The number of carbonyl (C=O) groups excluding carboxylic acids is 1. The van der Waals surface area contributed by atoms with E-state index in [2.05, 4.69) is 5.32 Å². The number of benzene rings is 1. The molecule has 1 aromatic carbocycles. The van der Waals surface area contributed by atoms with E-state index in [0.29, 0.717) is 24.3 Å². The molecule has 0 aromatic heterocycles. The van der Waals surface area contributed by atoms with Crippen LogP contribution < -0.4 is 5.32 Å². The lowest BCUT2D eigenvalue weighted by Crippen LogP contribution is -2.61. The van der Waals surface area contributed by atoms with Crippen LogP contribution in [0.25, 0.3) is 0 Å². The lowest BCUT2D eigenvalue weighted by Gasteiger charge is -2.49. The molecule has 2 N–H and O–H groups in total. The van der Waals surface area contributed by atoms with Gasteiger partial charge in [0.1, 0.15) is 0 Å².